The van der Waals surface area contributed by atoms with E-state index in [0.717, 1.165) is 5.76 Å². The molecule has 2 aromatic rings. The first-order valence-electron chi connectivity index (χ1n) is 9.07. The number of carbonyl (C=O) groups excluding carboxylic acids is 1. The predicted octanol–water partition coefficient (Wildman–Crippen LogP) is 3.20. The van der Waals surface area contributed by atoms with Gasteiger partial charge in [0, 0.05) is 11.6 Å². The maximum atomic E-state index is 13.1. The Hall–Kier alpha value is -2.28. The number of nitrogens with zero attached hydrogens (tertiary/aromatic N) is 1. The molecule has 0 radical (unpaired) electrons. The van der Waals surface area contributed by atoms with Crippen molar-refractivity contribution in [3.63, 3.8) is 0 Å². The first-order valence-corrected chi connectivity index (χ1v) is 10.9. The number of amides is 1. The van der Waals surface area contributed by atoms with Crippen molar-refractivity contribution in [1.29, 1.82) is 0 Å². The zero-order valence-electron chi connectivity index (χ0n) is 15.8. The van der Waals surface area contributed by atoms with E-state index < -0.39 is 9.84 Å². The van der Waals surface area contributed by atoms with Crippen molar-refractivity contribution in [2.75, 3.05) is 11.5 Å². The van der Waals surface area contributed by atoms with Gasteiger partial charge in [0.1, 0.15) is 17.3 Å². The topological polar surface area (TPSA) is 76.8 Å². The van der Waals surface area contributed by atoms with Crippen LogP contribution < -0.4 is 4.74 Å². The quantitative estimate of drug-likeness (QED) is 0.756. The molecule has 1 fully saturated rings. The lowest BCUT2D eigenvalue weighted by Crippen LogP contribution is -2.40. The zero-order chi connectivity index (χ0) is 19.6. The molecule has 1 aromatic carbocycles. The van der Waals surface area contributed by atoms with Gasteiger partial charge < -0.3 is 14.1 Å². The van der Waals surface area contributed by atoms with Gasteiger partial charge in [-0.3, -0.25) is 4.79 Å². The molecule has 0 saturated carbocycles. The summed E-state index contributed by atoms with van der Waals surface area (Å²) < 4.78 is 35.1. The number of furan rings is 1. The van der Waals surface area contributed by atoms with Crippen molar-refractivity contribution in [3.8, 4) is 5.75 Å². The molecule has 2 heterocycles. The fourth-order valence-electron chi connectivity index (χ4n) is 3.24. The van der Waals surface area contributed by atoms with Crippen LogP contribution in [0, 0.1) is 6.92 Å². The molecule has 0 spiro atoms. The van der Waals surface area contributed by atoms with E-state index in [1.807, 2.05) is 32.9 Å². The van der Waals surface area contributed by atoms with Crippen molar-refractivity contribution in [1.82, 2.24) is 4.90 Å². The lowest BCUT2D eigenvalue weighted by atomic mass is 10.1. The van der Waals surface area contributed by atoms with Crippen LogP contribution >= 0.6 is 0 Å². The number of carbonyl (C=O) groups is 1. The van der Waals surface area contributed by atoms with Crippen molar-refractivity contribution < 1.29 is 22.4 Å². The molecule has 0 N–H and O–H groups in total. The number of hydrogen-bond donors (Lipinski definition) is 0. The minimum Gasteiger partial charge on any atom is -0.491 e. The fourth-order valence-corrected chi connectivity index (χ4v) is 4.97. The number of rotatable bonds is 6. The summed E-state index contributed by atoms with van der Waals surface area (Å²) in [7, 11) is -3.11. The van der Waals surface area contributed by atoms with Crippen LogP contribution in [0.2, 0.25) is 0 Å². The Kier molecular flexibility index (Phi) is 5.60. The molecular weight excluding hydrogens is 366 g/mol. The van der Waals surface area contributed by atoms with Gasteiger partial charge in [0.05, 0.1) is 24.2 Å². The standard InChI is InChI=1S/C20H25NO5S/c1-14(2)25-18-8-5-16(6-9-18)20(22)21(12-19-7-4-15(3)26-19)17-10-11-27(23,24)13-17/h4-9,14,17H,10-13H2,1-3H3/t17-/m0/s1. The summed E-state index contributed by atoms with van der Waals surface area (Å²) in [4.78, 5) is 14.7. The summed E-state index contributed by atoms with van der Waals surface area (Å²) in [5, 5.41) is 0. The summed E-state index contributed by atoms with van der Waals surface area (Å²) in [5.41, 5.74) is 0.499. The average Bonchev–Trinajstić information content (AvgIpc) is 3.17. The van der Waals surface area contributed by atoms with Crippen LogP contribution in [0.3, 0.4) is 0 Å². The van der Waals surface area contributed by atoms with Gasteiger partial charge >= 0.3 is 0 Å². The molecule has 0 aliphatic carbocycles. The highest BCUT2D eigenvalue weighted by molar-refractivity contribution is 7.91. The van der Waals surface area contributed by atoms with E-state index in [4.69, 9.17) is 9.15 Å². The van der Waals surface area contributed by atoms with Crippen LogP contribution in [0.15, 0.2) is 40.8 Å². The Balaban J connectivity index is 1.83. The van der Waals surface area contributed by atoms with Gasteiger partial charge in [-0.2, -0.15) is 0 Å². The van der Waals surface area contributed by atoms with Gasteiger partial charge in [0.2, 0.25) is 0 Å². The second kappa shape index (κ2) is 7.76. The summed E-state index contributed by atoms with van der Waals surface area (Å²) in [6, 6.07) is 10.2. The largest absolute Gasteiger partial charge is 0.491 e. The summed E-state index contributed by atoms with van der Waals surface area (Å²) >= 11 is 0. The molecule has 6 nitrogen and oxygen atoms in total. The Labute approximate surface area is 160 Å². The van der Waals surface area contributed by atoms with E-state index in [2.05, 4.69) is 0 Å². The molecule has 1 saturated heterocycles. The second-order valence-electron chi connectivity index (χ2n) is 7.19. The van der Waals surface area contributed by atoms with Gasteiger partial charge in [0.25, 0.3) is 5.91 Å². The predicted molar refractivity (Wildman–Crippen MR) is 103 cm³/mol. The smallest absolute Gasteiger partial charge is 0.254 e. The van der Waals surface area contributed by atoms with Crippen LogP contribution in [0.25, 0.3) is 0 Å². The van der Waals surface area contributed by atoms with E-state index in [1.165, 1.54) is 0 Å². The molecule has 0 unspecified atom stereocenters. The van der Waals surface area contributed by atoms with E-state index in [0.29, 0.717) is 23.5 Å². The average molecular weight is 391 g/mol. The first-order chi connectivity index (χ1) is 12.7. The molecule has 1 aliphatic heterocycles. The van der Waals surface area contributed by atoms with Gasteiger partial charge in [-0.15, -0.1) is 0 Å². The Bertz CT molecular complexity index is 899. The van der Waals surface area contributed by atoms with Gasteiger partial charge in [0.15, 0.2) is 9.84 Å². The molecule has 7 heteroatoms. The third-order valence-electron chi connectivity index (χ3n) is 4.51. The first kappa shape index (κ1) is 19.5. The van der Waals surface area contributed by atoms with Crippen molar-refractivity contribution in [2.24, 2.45) is 0 Å². The number of hydrogen-bond acceptors (Lipinski definition) is 5. The molecule has 1 aliphatic rings. The number of sulfone groups is 1. The monoisotopic (exact) mass is 391 g/mol. The highest BCUT2D eigenvalue weighted by atomic mass is 32.2. The maximum absolute atomic E-state index is 13.1. The van der Waals surface area contributed by atoms with Crippen molar-refractivity contribution >= 4 is 15.7 Å². The van der Waals surface area contributed by atoms with E-state index in [9.17, 15) is 13.2 Å². The molecule has 27 heavy (non-hydrogen) atoms. The SMILES string of the molecule is Cc1ccc(CN(C(=O)c2ccc(OC(C)C)cc2)[C@H]2CCS(=O)(=O)C2)o1. The second-order valence-corrected chi connectivity index (χ2v) is 9.42. The molecule has 1 atom stereocenters. The Morgan fingerprint density at radius 3 is 2.44 bits per heavy atom. The van der Waals surface area contributed by atoms with Crippen LogP contribution in [-0.4, -0.2) is 42.9 Å². The third-order valence-corrected chi connectivity index (χ3v) is 6.26. The summed E-state index contributed by atoms with van der Waals surface area (Å²) in [6.07, 6.45) is 0.497. The van der Waals surface area contributed by atoms with Crippen LogP contribution in [-0.2, 0) is 16.4 Å². The minimum atomic E-state index is -3.11. The van der Waals surface area contributed by atoms with Crippen molar-refractivity contribution in [3.05, 3.63) is 53.5 Å². The summed E-state index contributed by atoms with van der Waals surface area (Å²) in [5.74, 6) is 1.99. The van der Waals surface area contributed by atoms with Gasteiger partial charge in [-0.05, 0) is 63.6 Å². The molecular formula is C20H25NO5S. The number of aryl methyl sites for hydroxylation is 1. The zero-order valence-corrected chi connectivity index (χ0v) is 16.7. The summed E-state index contributed by atoms with van der Waals surface area (Å²) in [6.45, 7) is 5.96. The fraction of sp³-hybridized carbons (Fsp3) is 0.450. The highest BCUT2D eigenvalue weighted by Crippen LogP contribution is 2.24. The van der Waals surface area contributed by atoms with Crippen molar-refractivity contribution in [2.45, 2.75) is 45.9 Å². The molecule has 1 amide bonds. The number of benzene rings is 1. The van der Waals surface area contributed by atoms with E-state index in [1.54, 1.807) is 29.2 Å². The minimum absolute atomic E-state index is 0.00697. The van der Waals surface area contributed by atoms with Crippen LogP contribution in [0.5, 0.6) is 5.75 Å². The lowest BCUT2D eigenvalue weighted by Gasteiger charge is -2.27. The van der Waals surface area contributed by atoms with Gasteiger partial charge in [-0.25, -0.2) is 8.42 Å². The Morgan fingerprint density at radius 2 is 1.93 bits per heavy atom. The highest BCUT2D eigenvalue weighted by Gasteiger charge is 2.35. The van der Waals surface area contributed by atoms with E-state index >= 15 is 0 Å². The van der Waals surface area contributed by atoms with Crippen LogP contribution in [0.4, 0.5) is 0 Å². The molecule has 1 aromatic heterocycles. The third kappa shape index (κ3) is 4.91. The Morgan fingerprint density at radius 1 is 1.22 bits per heavy atom. The van der Waals surface area contributed by atoms with Crippen LogP contribution in [0.1, 0.15) is 42.1 Å². The normalized spacial score (nSPS) is 18.6. The van der Waals surface area contributed by atoms with E-state index in [-0.39, 0.29) is 36.1 Å². The molecule has 0 bridgehead atoms. The molecule has 3 rings (SSSR count). The number of ether oxygens (including phenoxy) is 1. The van der Waals surface area contributed by atoms with Gasteiger partial charge in [-0.1, -0.05) is 0 Å². The molecule has 146 valence electrons. The lowest BCUT2D eigenvalue weighted by molar-refractivity contribution is 0.0665. The maximum Gasteiger partial charge on any atom is 0.254 e.